The molecule has 3 rings (SSSR count). The first-order valence-corrected chi connectivity index (χ1v) is 10.8. The van der Waals surface area contributed by atoms with Gasteiger partial charge in [0.25, 0.3) is 0 Å². The Hall–Kier alpha value is -2.88. The molecule has 1 aromatic heterocycles. The maximum absolute atomic E-state index is 13.4. The van der Waals surface area contributed by atoms with Gasteiger partial charge in [0.2, 0.25) is 0 Å². The third-order valence-electron chi connectivity index (χ3n) is 4.51. The van der Waals surface area contributed by atoms with E-state index in [9.17, 15) is 21.6 Å². The largest absolute Gasteiger partial charge is 0.480 e. The zero-order valence-corrected chi connectivity index (χ0v) is 17.5. The second-order valence-electron chi connectivity index (χ2n) is 7.31. The van der Waals surface area contributed by atoms with Gasteiger partial charge in [0.1, 0.15) is 5.75 Å². The van der Waals surface area contributed by atoms with Crippen LogP contribution in [0.15, 0.2) is 53.4 Å². The van der Waals surface area contributed by atoms with Crippen LogP contribution in [0.4, 0.5) is 13.2 Å². The molecule has 30 heavy (non-hydrogen) atoms. The van der Waals surface area contributed by atoms with Crippen LogP contribution in [0.1, 0.15) is 25.2 Å². The molecule has 0 aliphatic rings. The number of sulfone groups is 1. The van der Waals surface area contributed by atoms with Crippen molar-refractivity contribution in [2.45, 2.75) is 30.5 Å². The standard InChI is InChI=1S/C20H20F3N3O3S/c1-19(2,29-13-9-11-14(12-10-13)30(4,27)28)18-25-24-17(26(18)3)15-7-5-6-8-16(15)20(21,22)23/h5-12H,1-4H3. The summed E-state index contributed by atoms with van der Waals surface area (Å²) < 4.78 is 70.7. The van der Waals surface area contributed by atoms with E-state index in [-0.39, 0.29) is 16.3 Å². The molecule has 0 unspecified atom stereocenters. The normalized spacial score (nSPS) is 12.8. The number of ether oxygens (including phenoxy) is 1. The fourth-order valence-electron chi connectivity index (χ4n) is 3.11. The first-order chi connectivity index (χ1) is 13.8. The topological polar surface area (TPSA) is 74.1 Å². The highest BCUT2D eigenvalue weighted by atomic mass is 32.2. The Morgan fingerprint density at radius 3 is 2.13 bits per heavy atom. The molecule has 0 bridgehead atoms. The average Bonchev–Trinajstić information content (AvgIpc) is 3.02. The summed E-state index contributed by atoms with van der Waals surface area (Å²) in [7, 11) is -1.77. The number of hydrogen-bond acceptors (Lipinski definition) is 5. The predicted molar refractivity (Wildman–Crippen MR) is 105 cm³/mol. The zero-order chi connectivity index (χ0) is 22.3. The third kappa shape index (κ3) is 4.33. The van der Waals surface area contributed by atoms with E-state index in [2.05, 4.69) is 10.2 Å². The van der Waals surface area contributed by atoms with Crippen molar-refractivity contribution in [3.8, 4) is 17.1 Å². The summed E-state index contributed by atoms with van der Waals surface area (Å²) >= 11 is 0. The van der Waals surface area contributed by atoms with E-state index in [1.807, 2.05) is 0 Å². The number of nitrogens with zero attached hydrogens (tertiary/aromatic N) is 3. The van der Waals surface area contributed by atoms with Crippen LogP contribution in [-0.2, 0) is 28.7 Å². The SMILES string of the molecule is Cn1c(-c2ccccc2C(F)(F)F)nnc1C(C)(C)Oc1ccc(S(C)(=O)=O)cc1. The monoisotopic (exact) mass is 439 g/mol. The van der Waals surface area contributed by atoms with Gasteiger partial charge in [-0.05, 0) is 44.2 Å². The number of halogens is 3. The molecule has 3 aromatic rings. The molecule has 10 heteroatoms. The fraction of sp³-hybridized carbons (Fsp3) is 0.300. The van der Waals surface area contributed by atoms with Crippen molar-refractivity contribution in [3.05, 3.63) is 59.9 Å². The highest BCUT2D eigenvalue weighted by Crippen LogP contribution is 2.37. The number of rotatable bonds is 5. The van der Waals surface area contributed by atoms with E-state index in [0.717, 1.165) is 12.3 Å². The van der Waals surface area contributed by atoms with Gasteiger partial charge in [-0.1, -0.05) is 18.2 Å². The molecule has 1 heterocycles. The van der Waals surface area contributed by atoms with Crippen LogP contribution < -0.4 is 4.74 Å². The van der Waals surface area contributed by atoms with E-state index >= 15 is 0 Å². The van der Waals surface area contributed by atoms with Gasteiger partial charge in [-0.25, -0.2) is 8.42 Å². The first-order valence-electron chi connectivity index (χ1n) is 8.86. The summed E-state index contributed by atoms with van der Waals surface area (Å²) in [6.07, 6.45) is -3.43. The minimum atomic E-state index is -4.53. The van der Waals surface area contributed by atoms with Crippen LogP contribution in [0.5, 0.6) is 5.75 Å². The Morgan fingerprint density at radius 2 is 1.57 bits per heavy atom. The van der Waals surface area contributed by atoms with Crippen LogP contribution in [0.3, 0.4) is 0 Å². The van der Waals surface area contributed by atoms with E-state index in [1.54, 1.807) is 20.9 Å². The Labute approximate surface area is 172 Å². The van der Waals surface area contributed by atoms with E-state index in [1.165, 1.54) is 47.0 Å². The Bertz CT molecular complexity index is 1170. The summed E-state index contributed by atoms with van der Waals surface area (Å²) in [5.41, 5.74) is -1.94. The van der Waals surface area contributed by atoms with Crippen molar-refractivity contribution in [3.63, 3.8) is 0 Å². The molecule has 2 aromatic carbocycles. The Balaban J connectivity index is 1.95. The average molecular weight is 439 g/mol. The van der Waals surface area contributed by atoms with E-state index < -0.39 is 27.2 Å². The minimum Gasteiger partial charge on any atom is -0.480 e. The summed E-state index contributed by atoms with van der Waals surface area (Å²) in [5.74, 6) is 0.747. The molecular formula is C20H20F3N3O3S. The summed E-state index contributed by atoms with van der Waals surface area (Å²) in [5, 5.41) is 8.03. The van der Waals surface area contributed by atoms with Gasteiger partial charge >= 0.3 is 6.18 Å². The smallest absolute Gasteiger partial charge is 0.417 e. The van der Waals surface area contributed by atoms with Crippen LogP contribution in [0, 0.1) is 0 Å². The summed E-state index contributed by atoms with van der Waals surface area (Å²) in [4.78, 5) is 0.150. The van der Waals surface area contributed by atoms with Crippen LogP contribution in [-0.4, -0.2) is 29.4 Å². The summed E-state index contributed by atoms with van der Waals surface area (Å²) in [6.45, 7) is 3.39. The van der Waals surface area contributed by atoms with E-state index in [0.29, 0.717) is 11.6 Å². The molecule has 0 atom stereocenters. The first kappa shape index (κ1) is 21.8. The van der Waals surface area contributed by atoms with Crippen LogP contribution in [0.25, 0.3) is 11.4 Å². The number of hydrogen-bond donors (Lipinski definition) is 0. The van der Waals surface area contributed by atoms with Crippen LogP contribution >= 0.6 is 0 Å². The molecule has 0 spiro atoms. The van der Waals surface area contributed by atoms with Crippen molar-refractivity contribution in [1.29, 1.82) is 0 Å². The second kappa shape index (κ2) is 7.42. The van der Waals surface area contributed by atoms with Crippen molar-refractivity contribution < 1.29 is 26.3 Å². The van der Waals surface area contributed by atoms with Gasteiger partial charge < -0.3 is 9.30 Å². The molecular weight excluding hydrogens is 419 g/mol. The second-order valence-corrected chi connectivity index (χ2v) is 9.32. The molecule has 0 aliphatic heterocycles. The van der Waals surface area contributed by atoms with E-state index in [4.69, 9.17) is 4.74 Å². The number of aromatic nitrogens is 3. The molecule has 0 aliphatic carbocycles. The fourth-order valence-corrected chi connectivity index (χ4v) is 3.74. The van der Waals surface area contributed by atoms with Gasteiger partial charge in [0.15, 0.2) is 27.1 Å². The van der Waals surface area contributed by atoms with Gasteiger partial charge in [0, 0.05) is 18.9 Å². The highest BCUT2D eigenvalue weighted by molar-refractivity contribution is 7.90. The Kier molecular flexibility index (Phi) is 5.40. The van der Waals surface area contributed by atoms with Gasteiger partial charge in [-0.3, -0.25) is 0 Å². The maximum atomic E-state index is 13.4. The quantitative estimate of drug-likeness (QED) is 0.595. The molecule has 6 nitrogen and oxygen atoms in total. The molecule has 0 amide bonds. The summed E-state index contributed by atoms with van der Waals surface area (Å²) in [6, 6.07) is 11.0. The van der Waals surface area contributed by atoms with Crippen molar-refractivity contribution >= 4 is 9.84 Å². The number of alkyl halides is 3. The molecule has 0 N–H and O–H groups in total. The third-order valence-corrected chi connectivity index (χ3v) is 5.64. The molecule has 0 saturated carbocycles. The Morgan fingerprint density at radius 1 is 0.967 bits per heavy atom. The van der Waals surface area contributed by atoms with Crippen LogP contribution in [0.2, 0.25) is 0 Å². The van der Waals surface area contributed by atoms with Crippen molar-refractivity contribution in [2.24, 2.45) is 7.05 Å². The van der Waals surface area contributed by atoms with Gasteiger partial charge in [0.05, 0.1) is 10.5 Å². The molecule has 0 radical (unpaired) electrons. The minimum absolute atomic E-state index is 0.0574. The van der Waals surface area contributed by atoms with Crippen molar-refractivity contribution in [1.82, 2.24) is 14.8 Å². The molecule has 160 valence electrons. The lowest BCUT2D eigenvalue weighted by Gasteiger charge is -2.25. The van der Waals surface area contributed by atoms with Crippen molar-refractivity contribution in [2.75, 3.05) is 6.26 Å². The lowest BCUT2D eigenvalue weighted by Crippen LogP contribution is -2.29. The maximum Gasteiger partial charge on any atom is 0.417 e. The lowest BCUT2D eigenvalue weighted by molar-refractivity contribution is -0.137. The molecule has 0 fully saturated rings. The predicted octanol–water partition coefficient (Wildman–Crippen LogP) is 4.22. The van der Waals surface area contributed by atoms with Gasteiger partial charge in [-0.15, -0.1) is 10.2 Å². The molecule has 0 saturated heterocycles. The lowest BCUT2D eigenvalue weighted by atomic mass is 10.1. The zero-order valence-electron chi connectivity index (χ0n) is 16.7. The number of benzene rings is 2. The van der Waals surface area contributed by atoms with Gasteiger partial charge in [-0.2, -0.15) is 13.2 Å². The highest BCUT2D eigenvalue weighted by Gasteiger charge is 2.36.